The predicted molar refractivity (Wildman–Crippen MR) is 114 cm³/mol. The van der Waals surface area contributed by atoms with Crippen molar-refractivity contribution in [3.05, 3.63) is 54.6 Å². The molecule has 7 nitrogen and oxygen atoms in total. The van der Waals surface area contributed by atoms with Gasteiger partial charge in [-0.25, -0.2) is 0 Å². The molecule has 1 fully saturated rings. The number of nitrogens with zero attached hydrogens (tertiary/aromatic N) is 1. The normalized spacial score (nSPS) is 16.0. The number of benzene rings is 3. The first kappa shape index (κ1) is 19.6. The lowest BCUT2D eigenvalue weighted by Crippen LogP contribution is -2.28. The number of carbonyl (C=O) groups excluding carboxylic acids is 2. The molecule has 1 saturated heterocycles. The first-order valence-corrected chi connectivity index (χ1v) is 9.55. The van der Waals surface area contributed by atoms with Crippen molar-refractivity contribution in [1.29, 1.82) is 0 Å². The van der Waals surface area contributed by atoms with E-state index in [0.29, 0.717) is 28.3 Å². The molecule has 1 aliphatic heterocycles. The molecule has 0 aromatic heterocycles. The third-order valence-electron chi connectivity index (χ3n) is 5.33. The minimum atomic E-state index is -0.513. The second-order valence-electron chi connectivity index (χ2n) is 7.11. The van der Waals surface area contributed by atoms with Gasteiger partial charge in [-0.3, -0.25) is 9.59 Å². The molecule has 1 unspecified atom stereocenters. The number of methoxy groups -OCH3 is 2. The number of carbonyl (C=O) groups is 2. The summed E-state index contributed by atoms with van der Waals surface area (Å²) in [5, 5.41) is 14.3. The van der Waals surface area contributed by atoms with Gasteiger partial charge in [0.15, 0.2) is 0 Å². The summed E-state index contributed by atoms with van der Waals surface area (Å²) in [6, 6.07) is 15.7. The minimum Gasteiger partial charge on any atom is -0.507 e. The lowest BCUT2D eigenvalue weighted by molar-refractivity contribution is -0.122. The molecular weight excluding hydrogens is 384 g/mol. The van der Waals surface area contributed by atoms with Crippen LogP contribution in [0.1, 0.15) is 6.42 Å². The highest BCUT2D eigenvalue weighted by atomic mass is 16.5. The van der Waals surface area contributed by atoms with E-state index in [9.17, 15) is 14.7 Å². The molecule has 1 atom stereocenters. The molecular formula is C23H22N2O5. The zero-order chi connectivity index (χ0) is 21.3. The highest BCUT2D eigenvalue weighted by molar-refractivity contribution is 6.08. The molecule has 2 N–H and O–H groups in total. The molecule has 30 heavy (non-hydrogen) atoms. The van der Waals surface area contributed by atoms with Crippen LogP contribution in [-0.4, -0.2) is 37.7 Å². The Morgan fingerprint density at radius 1 is 1.07 bits per heavy atom. The number of hydrogen-bond donors (Lipinski definition) is 2. The summed E-state index contributed by atoms with van der Waals surface area (Å²) in [5.41, 5.74) is 1.17. The fraction of sp³-hybridized carbons (Fsp3) is 0.217. The Balaban J connectivity index is 1.57. The van der Waals surface area contributed by atoms with Crippen molar-refractivity contribution in [2.24, 2.45) is 5.92 Å². The van der Waals surface area contributed by atoms with Gasteiger partial charge in [-0.15, -0.1) is 0 Å². The number of nitrogens with one attached hydrogen (secondary N) is 1. The quantitative estimate of drug-likeness (QED) is 0.633. The second kappa shape index (κ2) is 7.94. The zero-order valence-electron chi connectivity index (χ0n) is 16.7. The summed E-state index contributed by atoms with van der Waals surface area (Å²) in [5.74, 6) is 0.370. The lowest BCUT2D eigenvalue weighted by Gasteiger charge is -2.20. The molecule has 1 heterocycles. The molecule has 3 aromatic carbocycles. The molecule has 3 aromatic rings. The standard InChI is InChI=1S/C23H22N2O5/c1-29-15-7-10-21(30-2)19(12-15)25-13-14(11-22(25)27)23(28)24-18-8-9-20(26)17-6-4-3-5-16(17)18/h3-10,12,14,26H,11,13H2,1-2H3,(H,24,28). The summed E-state index contributed by atoms with van der Waals surface area (Å²) in [4.78, 5) is 27.2. The van der Waals surface area contributed by atoms with Gasteiger partial charge < -0.3 is 24.8 Å². The van der Waals surface area contributed by atoms with Crippen LogP contribution in [0.15, 0.2) is 54.6 Å². The van der Waals surface area contributed by atoms with Crippen molar-refractivity contribution in [3.63, 3.8) is 0 Å². The zero-order valence-corrected chi connectivity index (χ0v) is 16.7. The maximum Gasteiger partial charge on any atom is 0.229 e. The van der Waals surface area contributed by atoms with Crippen LogP contribution in [0.3, 0.4) is 0 Å². The van der Waals surface area contributed by atoms with Gasteiger partial charge in [0.05, 0.1) is 25.8 Å². The molecule has 0 aliphatic carbocycles. The fourth-order valence-electron chi connectivity index (χ4n) is 3.75. The Bertz CT molecular complexity index is 1130. The van der Waals surface area contributed by atoms with Crippen LogP contribution in [0, 0.1) is 5.92 Å². The third-order valence-corrected chi connectivity index (χ3v) is 5.33. The molecule has 0 saturated carbocycles. The highest BCUT2D eigenvalue weighted by Crippen LogP contribution is 2.37. The Labute approximate surface area is 173 Å². The number of phenols is 1. The van der Waals surface area contributed by atoms with Gasteiger partial charge in [0.1, 0.15) is 17.2 Å². The molecule has 0 bridgehead atoms. The molecule has 154 valence electrons. The van der Waals surface area contributed by atoms with Gasteiger partial charge in [-0.1, -0.05) is 24.3 Å². The van der Waals surface area contributed by atoms with Crippen LogP contribution in [0.4, 0.5) is 11.4 Å². The Morgan fingerprint density at radius 2 is 1.83 bits per heavy atom. The first-order valence-electron chi connectivity index (χ1n) is 9.55. The van der Waals surface area contributed by atoms with Crippen molar-refractivity contribution < 1.29 is 24.2 Å². The largest absolute Gasteiger partial charge is 0.507 e. The fourth-order valence-corrected chi connectivity index (χ4v) is 3.75. The Morgan fingerprint density at radius 3 is 2.57 bits per heavy atom. The Hall–Kier alpha value is -3.74. The van der Waals surface area contributed by atoms with Crippen molar-refractivity contribution >= 4 is 34.0 Å². The summed E-state index contributed by atoms with van der Waals surface area (Å²) in [6.45, 7) is 0.240. The maximum absolute atomic E-state index is 12.9. The van der Waals surface area contributed by atoms with E-state index in [1.165, 1.54) is 7.11 Å². The molecule has 0 radical (unpaired) electrons. The van der Waals surface area contributed by atoms with Crippen molar-refractivity contribution in [2.45, 2.75) is 6.42 Å². The van der Waals surface area contributed by atoms with E-state index >= 15 is 0 Å². The van der Waals surface area contributed by atoms with Crippen LogP contribution < -0.4 is 19.7 Å². The number of aromatic hydroxyl groups is 1. The highest BCUT2D eigenvalue weighted by Gasteiger charge is 2.36. The lowest BCUT2D eigenvalue weighted by atomic mass is 10.1. The minimum absolute atomic E-state index is 0.0994. The number of rotatable bonds is 5. The van der Waals surface area contributed by atoms with E-state index in [-0.39, 0.29) is 30.5 Å². The van der Waals surface area contributed by atoms with Gasteiger partial charge in [0.25, 0.3) is 0 Å². The Kier molecular flexibility index (Phi) is 5.18. The third kappa shape index (κ3) is 3.50. The molecule has 2 amide bonds. The van der Waals surface area contributed by atoms with E-state index in [1.54, 1.807) is 48.4 Å². The molecule has 4 rings (SSSR count). The number of fused-ring (bicyclic) bond motifs is 1. The SMILES string of the molecule is COc1ccc(OC)c(N2CC(C(=O)Nc3ccc(O)c4ccccc34)CC2=O)c1. The van der Waals surface area contributed by atoms with Gasteiger partial charge >= 0.3 is 0 Å². The van der Waals surface area contributed by atoms with E-state index in [0.717, 1.165) is 5.39 Å². The van der Waals surface area contributed by atoms with Gasteiger partial charge in [-0.05, 0) is 24.3 Å². The number of ether oxygens (including phenoxy) is 2. The summed E-state index contributed by atoms with van der Waals surface area (Å²) in [7, 11) is 3.08. The first-order chi connectivity index (χ1) is 14.5. The van der Waals surface area contributed by atoms with Gasteiger partial charge in [0, 0.05) is 35.5 Å². The number of phenolic OH excluding ortho intramolecular Hbond substituents is 1. The smallest absolute Gasteiger partial charge is 0.229 e. The number of amides is 2. The average molecular weight is 406 g/mol. The second-order valence-corrected chi connectivity index (χ2v) is 7.11. The topological polar surface area (TPSA) is 88.1 Å². The van der Waals surface area contributed by atoms with Gasteiger partial charge in [0.2, 0.25) is 11.8 Å². The summed E-state index contributed by atoms with van der Waals surface area (Å²) >= 11 is 0. The van der Waals surface area contributed by atoms with Gasteiger partial charge in [-0.2, -0.15) is 0 Å². The van der Waals surface area contributed by atoms with Crippen molar-refractivity contribution in [3.8, 4) is 17.2 Å². The van der Waals surface area contributed by atoms with Crippen LogP contribution in [-0.2, 0) is 9.59 Å². The van der Waals surface area contributed by atoms with Crippen molar-refractivity contribution in [1.82, 2.24) is 0 Å². The van der Waals surface area contributed by atoms with Crippen LogP contribution >= 0.6 is 0 Å². The monoisotopic (exact) mass is 406 g/mol. The van der Waals surface area contributed by atoms with Crippen LogP contribution in [0.2, 0.25) is 0 Å². The van der Waals surface area contributed by atoms with Crippen LogP contribution in [0.25, 0.3) is 10.8 Å². The van der Waals surface area contributed by atoms with E-state index < -0.39 is 5.92 Å². The van der Waals surface area contributed by atoms with E-state index in [1.807, 2.05) is 18.2 Å². The summed E-state index contributed by atoms with van der Waals surface area (Å²) in [6.07, 6.45) is 0.0994. The predicted octanol–water partition coefficient (Wildman–Crippen LogP) is 3.55. The molecule has 0 spiro atoms. The summed E-state index contributed by atoms with van der Waals surface area (Å²) < 4.78 is 10.6. The number of hydrogen-bond acceptors (Lipinski definition) is 5. The molecule has 1 aliphatic rings. The van der Waals surface area contributed by atoms with Crippen molar-refractivity contribution in [2.75, 3.05) is 31.0 Å². The molecule has 7 heteroatoms. The number of anilines is 2. The maximum atomic E-state index is 12.9. The van der Waals surface area contributed by atoms with E-state index in [4.69, 9.17) is 9.47 Å². The van der Waals surface area contributed by atoms with Crippen LogP contribution in [0.5, 0.6) is 17.2 Å². The van der Waals surface area contributed by atoms with E-state index in [2.05, 4.69) is 5.32 Å². The average Bonchev–Trinajstić information content (AvgIpc) is 3.17.